The van der Waals surface area contributed by atoms with Crippen molar-refractivity contribution in [2.24, 2.45) is 0 Å². The molecule has 0 radical (unpaired) electrons. The molecule has 0 aliphatic carbocycles. The Bertz CT molecular complexity index is 405. The maximum atomic E-state index is 11.1. The monoisotopic (exact) mass is 364 g/mol. The van der Waals surface area contributed by atoms with Gasteiger partial charge in [0, 0.05) is 34.9 Å². The number of hydrogen-bond acceptors (Lipinski definition) is 2. The van der Waals surface area contributed by atoms with Crippen molar-refractivity contribution in [3.8, 4) is 0 Å². The van der Waals surface area contributed by atoms with Gasteiger partial charge in [-0.25, -0.2) is 4.79 Å². The number of halogens is 1. The van der Waals surface area contributed by atoms with Crippen LogP contribution >= 0.6 is 22.6 Å². The lowest BCUT2D eigenvalue weighted by atomic mass is 10.2. The van der Waals surface area contributed by atoms with Crippen molar-refractivity contribution < 1.29 is 9.90 Å². The Hall–Kier alpha value is -0.560. The van der Waals surface area contributed by atoms with Gasteiger partial charge in [-0.15, -0.1) is 0 Å². The smallest absolute Gasteiger partial charge is 0.352 e. The zero-order chi connectivity index (χ0) is 13.9. The molecule has 0 unspecified atom stereocenters. The molecule has 0 saturated carbocycles. The van der Waals surface area contributed by atoms with Gasteiger partial charge >= 0.3 is 5.97 Å². The molecule has 4 nitrogen and oxygen atoms in total. The molecule has 1 heterocycles. The summed E-state index contributed by atoms with van der Waals surface area (Å²) in [4.78, 5) is 13.5. The van der Waals surface area contributed by atoms with Gasteiger partial charge in [-0.3, -0.25) is 4.90 Å². The zero-order valence-corrected chi connectivity index (χ0v) is 13.5. The number of nitrogens with zero attached hydrogens (tertiary/aromatic N) is 2. The number of hydrogen-bond donors (Lipinski definition) is 1. The SMILES string of the molecule is CC(C)N(CCn1cc(I)cc1C(=O)O)C(C)C. The molecule has 1 aromatic rings. The number of carboxylic acids is 1. The van der Waals surface area contributed by atoms with Crippen molar-refractivity contribution in [1.82, 2.24) is 9.47 Å². The van der Waals surface area contributed by atoms with Crippen LogP contribution in [0.5, 0.6) is 0 Å². The molecule has 0 fully saturated rings. The van der Waals surface area contributed by atoms with E-state index in [1.165, 1.54) is 0 Å². The Morgan fingerprint density at radius 3 is 2.39 bits per heavy atom. The van der Waals surface area contributed by atoms with Crippen LogP contribution in [0.15, 0.2) is 12.3 Å². The average Bonchev–Trinajstić information content (AvgIpc) is 2.59. The molecule has 0 atom stereocenters. The van der Waals surface area contributed by atoms with Gasteiger partial charge in [-0.05, 0) is 56.4 Å². The molecule has 102 valence electrons. The van der Waals surface area contributed by atoms with Crippen LogP contribution in [0, 0.1) is 3.57 Å². The summed E-state index contributed by atoms with van der Waals surface area (Å²) >= 11 is 2.15. The Kier molecular flexibility index (Phi) is 5.65. The number of aromatic nitrogens is 1. The lowest BCUT2D eigenvalue weighted by Gasteiger charge is -2.30. The van der Waals surface area contributed by atoms with E-state index in [1.807, 2.05) is 10.8 Å². The normalized spacial score (nSPS) is 11.8. The minimum Gasteiger partial charge on any atom is -0.477 e. The van der Waals surface area contributed by atoms with Crippen LogP contribution in [0.4, 0.5) is 0 Å². The van der Waals surface area contributed by atoms with Crippen LogP contribution in [0.25, 0.3) is 0 Å². The van der Waals surface area contributed by atoms with Gasteiger partial charge in [0.25, 0.3) is 0 Å². The lowest BCUT2D eigenvalue weighted by Crippen LogP contribution is -2.39. The molecule has 0 spiro atoms. The topological polar surface area (TPSA) is 45.5 Å². The third-order valence-corrected chi connectivity index (χ3v) is 3.60. The molecule has 5 heteroatoms. The standard InChI is InChI=1S/C13H21IN2O2/c1-9(2)16(10(3)4)6-5-15-8-11(14)7-12(15)13(17)18/h7-10H,5-6H2,1-4H3,(H,17,18). The largest absolute Gasteiger partial charge is 0.477 e. The van der Waals surface area contributed by atoms with Crippen LogP contribution in [0.2, 0.25) is 0 Å². The van der Waals surface area contributed by atoms with E-state index in [0.29, 0.717) is 24.3 Å². The van der Waals surface area contributed by atoms with Gasteiger partial charge in [0.05, 0.1) is 0 Å². The highest BCUT2D eigenvalue weighted by atomic mass is 127. The van der Waals surface area contributed by atoms with E-state index in [1.54, 1.807) is 6.07 Å². The third kappa shape index (κ3) is 3.98. The van der Waals surface area contributed by atoms with Crippen LogP contribution in [-0.2, 0) is 6.54 Å². The molecule has 0 aliphatic heterocycles. The van der Waals surface area contributed by atoms with Crippen molar-refractivity contribution in [1.29, 1.82) is 0 Å². The fourth-order valence-corrected chi connectivity index (χ4v) is 2.81. The number of aromatic carboxylic acids is 1. The van der Waals surface area contributed by atoms with Crippen molar-refractivity contribution in [3.63, 3.8) is 0 Å². The van der Waals surface area contributed by atoms with Gasteiger partial charge in [0.15, 0.2) is 0 Å². The third-order valence-electron chi connectivity index (χ3n) is 3.01. The van der Waals surface area contributed by atoms with E-state index in [2.05, 4.69) is 55.2 Å². The van der Waals surface area contributed by atoms with Crippen molar-refractivity contribution in [3.05, 3.63) is 21.5 Å². The highest BCUT2D eigenvalue weighted by Crippen LogP contribution is 2.13. The van der Waals surface area contributed by atoms with Crippen molar-refractivity contribution in [2.75, 3.05) is 6.54 Å². The Morgan fingerprint density at radius 1 is 1.39 bits per heavy atom. The summed E-state index contributed by atoms with van der Waals surface area (Å²) in [7, 11) is 0. The molecule has 0 saturated heterocycles. The van der Waals surface area contributed by atoms with E-state index in [0.717, 1.165) is 10.1 Å². The number of carbonyl (C=O) groups is 1. The van der Waals surface area contributed by atoms with E-state index >= 15 is 0 Å². The molecule has 1 N–H and O–H groups in total. The quantitative estimate of drug-likeness (QED) is 0.790. The van der Waals surface area contributed by atoms with Gasteiger partial charge in [-0.2, -0.15) is 0 Å². The fraction of sp³-hybridized carbons (Fsp3) is 0.615. The van der Waals surface area contributed by atoms with Crippen molar-refractivity contribution in [2.45, 2.75) is 46.3 Å². The molecule has 0 amide bonds. The highest BCUT2D eigenvalue weighted by molar-refractivity contribution is 14.1. The van der Waals surface area contributed by atoms with Gasteiger partial charge in [0.1, 0.15) is 5.69 Å². The first-order valence-corrected chi connectivity index (χ1v) is 7.25. The second kappa shape index (κ2) is 6.56. The van der Waals surface area contributed by atoms with Crippen molar-refractivity contribution >= 4 is 28.6 Å². The first-order chi connectivity index (χ1) is 8.32. The predicted molar refractivity (Wildman–Crippen MR) is 81.1 cm³/mol. The highest BCUT2D eigenvalue weighted by Gasteiger charge is 2.16. The summed E-state index contributed by atoms with van der Waals surface area (Å²) in [6.45, 7) is 10.2. The Balaban J connectivity index is 2.76. The molecule has 18 heavy (non-hydrogen) atoms. The molecular weight excluding hydrogens is 343 g/mol. The number of rotatable bonds is 6. The van der Waals surface area contributed by atoms with E-state index in [-0.39, 0.29) is 0 Å². The van der Waals surface area contributed by atoms with Crippen LogP contribution in [-0.4, -0.2) is 39.2 Å². The number of carboxylic acid groups (broad SMARTS) is 1. The minimum absolute atomic E-state index is 0.367. The summed E-state index contributed by atoms with van der Waals surface area (Å²) in [6, 6.07) is 2.64. The average molecular weight is 364 g/mol. The van der Waals surface area contributed by atoms with Crippen LogP contribution < -0.4 is 0 Å². The summed E-state index contributed by atoms with van der Waals surface area (Å²) in [5.74, 6) is -0.862. The fourth-order valence-electron chi connectivity index (χ4n) is 2.17. The zero-order valence-electron chi connectivity index (χ0n) is 11.4. The van der Waals surface area contributed by atoms with Gasteiger partial charge < -0.3 is 9.67 Å². The summed E-state index contributed by atoms with van der Waals surface area (Å²) in [6.07, 6.45) is 1.89. The molecule has 1 rings (SSSR count). The maximum absolute atomic E-state index is 11.1. The molecule has 1 aromatic heterocycles. The summed E-state index contributed by atoms with van der Waals surface area (Å²) in [5.41, 5.74) is 0.367. The summed E-state index contributed by atoms with van der Waals surface area (Å²) < 4.78 is 2.78. The second-order valence-electron chi connectivity index (χ2n) is 4.97. The minimum atomic E-state index is -0.862. The van der Waals surface area contributed by atoms with E-state index in [4.69, 9.17) is 5.11 Å². The lowest BCUT2D eigenvalue weighted by molar-refractivity contribution is 0.0683. The molecule has 0 aliphatic rings. The van der Waals surface area contributed by atoms with Crippen LogP contribution in [0.1, 0.15) is 38.2 Å². The molecular formula is C13H21IN2O2. The molecule has 0 aromatic carbocycles. The first-order valence-electron chi connectivity index (χ1n) is 6.17. The van der Waals surface area contributed by atoms with Gasteiger partial charge in [-0.1, -0.05) is 0 Å². The van der Waals surface area contributed by atoms with E-state index < -0.39 is 5.97 Å². The van der Waals surface area contributed by atoms with E-state index in [9.17, 15) is 4.79 Å². The first kappa shape index (κ1) is 15.5. The second-order valence-corrected chi connectivity index (χ2v) is 6.21. The molecule has 0 bridgehead atoms. The maximum Gasteiger partial charge on any atom is 0.352 e. The van der Waals surface area contributed by atoms with Crippen LogP contribution in [0.3, 0.4) is 0 Å². The Labute approximate surface area is 122 Å². The summed E-state index contributed by atoms with van der Waals surface area (Å²) in [5, 5.41) is 9.12. The predicted octanol–water partition coefficient (Wildman–Crippen LogP) is 2.91. The van der Waals surface area contributed by atoms with Gasteiger partial charge in [0.2, 0.25) is 0 Å². The Morgan fingerprint density at radius 2 is 1.94 bits per heavy atom.